The molecule has 1 heterocycles. The van der Waals surface area contributed by atoms with E-state index in [1.165, 1.54) is 5.56 Å². The minimum Gasteiger partial charge on any atom is -0.356 e. The van der Waals surface area contributed by atoms with E-state index in [4.69, 9.17) is 0 Å². The average molecular weight is 288 g/mol. The van der Waals surface area contributed by atoms with Crippen molar-refractivity contribution in [2.75, 3.05) is 19.6 Å². The zero-order valence-electron chi connectivity index (χ0n) is 13.5. The van der Waals surface area contributed by atoms with Crippen molar-refractivity contribution in [2.24, 2.45) is 11.3 Å². The Morgan fingerprint density at radius 2 is 2.00 bits per heavy atom. The topological polar surface area (TPSA) is 41.1 Å². The molecule has 1 amide bonds. The van der Waals surface area contributed by atoms with E-state index in [1.54, 1.807) is 0 Å². The largest absolute Gasteiger partial charge is 0.356 e. The van der Waals surface area contributed by atoms with Crippen LogP contribution in [0.15, 0.2) is 30.3 Å². The maximum absolute atomic E-state index is 12.6. The first-order valence-corrected chi connectivity index (χ1v) is 8.10. The summed E-state index contributed by atoms with van der Waals surface area (Å²) in [5.74, 6) is 1.07. The summed E-state index contributed by atoms with van der Waals surface area (Å²) in [6.07, 6.45) is 1.93. The highest BCUT2D eigenvalue weighted by molar-refractivity contribution is 5.83. The van der Waals surface area contributed by atoms with Crippen LogP contribution in [0.3, 0.4) is 0 Å². The maximum Gasteiger partial charge on any atom is 0.227 e. The average Bonchev–Trinajstić information content (AvgIpc) is 2.99. The fraction of sp³-hybridized carbons (Fsp3) is 0.611. The lowest BCUT2D eigenvalue weighted by Gasteiger charge is -2.31. The summed E-state index contributed by atoms with van der Waals surface area (Å²) in [4.78, 5) is 12.6. The van der Waals surface area contributed by atoms with E-state index in [9.17, 15) is 4.79 Å². The summed E-state index contributed by atoms with van der Waals surface area (Å²) in [5, 5.41) is 6.51. The van der Waals surface area contributed by atoms with Crippen molar-refractivity contribution in [3.05, 3.63) is 35.9 Å². The van der Waals surface area contributed by atoms with Gasteiger partial charge in [0.1, 0.15) is 0 Å². The summed E-state index contributed by atoms with van der Waals surface area (Å²) >= 11 is 0. The zero-order chi connectivity index (χ0) is 15.3. The second-order valence-electron chi connectivity index (χ2n) is 6.59. The smallest absolute Gasteiger partial charge is 0.227 e. The van der Waals surface area contributed by atoms with E-state index < -0.39 is 0 Å². The number of nitrogens with one attached hydrogen (secondary N) is 2. The summed E-state index contributed by atoms with van der Waals surface area (Å²) < 4.78 is 0. The van der Waals surface area contributed by atoms with Gasteiger partial charge in [-0.25, -0.2) is 0 Å². The van der Waals surface area contributed by atoms with Crippen molar-refractivity contribution in [1.29, 1.82) is 0 Å². The monoisotopic (exact) mass is 288 g/mol. The molecule has 1 saturated heterocycles. The van der Waals surface area contributed by atoms with E-state index in [0.717, 1.165) is 32.5 Å². The maximum atomic E-state index is 12.6. The Morgan fingerprint density at radius 3 is 2.57 bits per heavy atom. The normalized spacial score (nSPS) is 23.2. The molecule has 0 bridgehead atoms. The Balaban J connectivity index is 1.84. The second-order valence-corrected chi connectivity index (χ2v) is 6.59. The number of benzene rings is 1. The van der Waals surface area contributed by atoms with Crippen LogP contribution in [-0.4, -0.2) is 25.5 Å². The van der Waals surface area contributed by atoms with Crippen molar-refractivity contribution < 1.29 is 4.79 Å². The molecule has 0 radical (unpaired) electrons. The van der Waals surface area contributed by atoms with Crippen LogP contribution in [0.2, 0.25) is 0 Å². The van der Waals surface area contributed by atoms with Crippen molar-refractivity contribution in [3.8, 4) is 0 Å². The Morgan fingerprint density at radius 1 is 1.29 bits per heavy atom. The molecule has 116 valence electrons. The molecular formula is C18H28N2O. The van der Waals surface area contributed by atoms with Gasteiger partial charge in [-0.15, -0.1) is 0 Å². The molecule has 2 unspecified atom stereocenters. The number of carbonyl (C=O) groups is 1. The summed E-state index contributed by atoms with van der Waals surface area (Å²) in [6.45, 7) is 9.04. The van der Waals surface area contributed by atoms with Gasteiger partial charge >= 0.3 is 0 Å². The molecule has 0 aliphatic carbocycles. The molecule has 1 aromatic rings. The van der Waals surface area contributed by atoms with Crippen molar-refractivity contribution in [1.82, 2.24) is 10.6 Å². The summed E-state index contributed by atoms with van der Waals surface area (Å²) in [5.41, 5.74) is 1.13. The van der Waals surface area contributed by atoms with Gasteiger partial charge in [-0.2, -0.15) is 0 Å². The van der Waals surface area contributed by atoms with Crippen molar-refractivity contribution in [2.45, 2.75) is 39.5 Å². The third kappa shape index (κ3) is 3.65. The van der Waals surface area contributed by atoms with E-state index in [1.807, 2.05) is 6.07 Å². The van der Waals surface area contributed by atoms with E-state index in [-0.39, 0.29) is 11.3 Å². The molecule has 1 aliphatic rings. The van der Waals surface area contributed by atoms with Gasteiger partial charge in [0, 0.05) is 13.1 Å². The lowest BCUT2D eigenvalue weighted by Crippen LogP contribution is -2.46. The van der Waals surface area contributed by atoms with Gasteiger partial charge in [0.05, 0.1) is 5.41 Å². The molecule has 3 nitrogen and oxygen atoms in total. The van der Waals surface area contributed by atoms with Crippen LogP contribution < -0.4 is 10.6 Å². The third-order valence-corrected chi connectivity index (χ3v) is 4.98. The predicted molar refractivity (Wildman–Crippen MR) is 87.2 cm³/mol. The van der Waals surface area contributed by atoms with Crippen LogP contribution in [0.5, 0.6) is 0 Å². The van der Waals surface area contributed by atoms with E-state index >= 15 is 0 Å². The SMILES string of the molecule is CC(CCNC(=O)C1(C(C)C)CCNC1)c1ccccc1. The highest BCUT2D eigenvalue weighted by Crippen LogP contribution is 2.34. The quantitative estimate of drug-likeness (QED) is 0.845. The first-order valence-electron chi connectivity index (χ1n) is 8.10. The van der Waals surface area contributed by atoms with Gasteiger partial charge in [-0.05, 0) is 36.8 Å². The first-order chi connectivity index (χ1) is 10.1. The highest BCUT2D eigenvalue weighted by atomic mass is 16.2. The molecule has 0 aromatic heterocycles. The molecule has 3 heteroatoms. The van der Waals surface area contributed by atoms with E-state index in [2.05, 4.69) is 55.7 Å². The fourth-order valence-corrected chi connectivity index (χ4v) is 3.19. The molecule has 0 saturated carbocycles. The molecule has 2 atom stereocenters. The Kier molecular flexibility index (Phi) is 5.40. The zero-order valence-corrected chi connectivity index (χ0v) is 13.5. The molecule has 2 rings (SSSR count). The third-order valence-electron chi connectivity index (χ3n) is 4.98. The van der Waals surface area contributed by atoms with Gasteiger partial charge in [0.2, 0.25) is 5.91 Å². The van der Waals surface area contributed by atoms with Crippen LogP contribution >= 0.6 is 0 Å². The first kappa shape index (κ1) is 16.0. The van der Waals surface area contributed by atoms with Gasteiger partial charge in [-0.3, -0.25) is 4.79 Å². The Bertz CT molecular complexity index is 450. The number of hydrogen-bond donors (Lipinski definition) is 2. The van der Waals surface area contributed by atoms with Crippen molar-refractivity contribution >= 4 is 5.91 Å². The molecule has 0 spiro atoms. The van der Waals surface area contributed by atoms with Crippen LogP contribution in [0.25, 0.3) is 0 Å². The summed E-state index contributed by atoms with van der Waals surface area (Å²) in [6, 6.07) is 10.5. The lowest BCUT2D eigenvalue weighted by molar-refractivity contribution is -0.132. The second kappa shape index (κ2) is 7.08. The van der Waals surface area contributed by atoms with E-state index in [0.29, 0.717) is 11.8 Å². The minimum absolute atomic E-state index is 0.212. The Labute approximate surface area is 128 Å². The number of amides is 1. The van der Waals surface area contributed by atoms with Crippen molar-refractivity contribution in [3.63, 3.8) is 0 Å². The molecule has 1 aliphatic heterocycles. The lowest BCUT2D eigenvalue weighted by atomic mass is 9.75. The molecule has 1 fully saturated rings. The molecule has 21 heavy (non-hydrogen) atoms. The summed E-state index contributed by atoms with van der Waals surface area (Å²) in [7, 11) is 0. The van der Waals surface area contributed by atoms with Crippen LogP contribution in [0.4, 0.5) is 0 Å². The molecule has 2 N–H and O–H groups in total. The van der Waals surface area contributed by atoms with Crippen LogP contribution in [-0.2, 0) is 4.79 Å². The van der Waals surface area contributed by atoms with Gasteiger partial charge < -0.3 is 10.6 Å². The van der Waals surface area contributed by atoms with Gasteiger partial charge in [-0.1, -0.05) is 51.1 Å². The highest BCUT2D eigenvalue weighted by Gasteiger charge is 2.43. The van der Waals surface area contributed by atoms with Gasteiger partial charge in [0.15, 0.2) is 0 Å². The number of rotatable bonds is 6. The molecule has 1 aromatic carbocycles. The minimum atomic E-state index is -0.212. The number of hydrogen-bond acceptors (Lipinski definition) is 2. The van der Waals surface area contributed by atoms with Crippen LogP contribution in [0, 0.1) is 11.3 Å². The Hall–Kier alpha value is -1.35. The fourth-order valence-electron chi connectivity index (χ4n) is 3.19. The predicted octanol–water partition coefficient (Wildman–Crippen LogP) is 2.93. The van der Waals surface area contributed by atoms with Crippen LogP contribution in [0.1, 0.15) is 45.1 Å². The number of carbonyl (C=O) groups excluding carboxylic acids is 1. The standard InChI is InChI=1S/C18H28N2O/c1-14(2)18(10-12-19-13-18)17(21)20-11-9-15(3)16-7-5-4-6-8-16/h4-8,14-15,19H,9-13H2,1-3H3,(H,20,21). The molecular weight excluding hydrogens is 260 g/mol. The van der Waals surface area contributed by atoms with Gasteiger partial charge in [0.25, 0.3) is 0 Å².